The number of nitrogens with one attached hydrogen (secondary N) is 1. The van der Waals surface area contributed by atoms with Gasteiger partial charge in [0, 0.05) is 56.0 Å². The second-order valence-corrected chi connectivity index (χ2v) is 7.53. The molecule has 8 heteroatoms. The van der Waals surface area contributed by atoms with Crippen molar-refractivity contribution < 1.29 is 10.2 Å². The number of hydrogen-bond acceptors (Lipinski definition) is 7. The molecule has 0 aliphatic carbocycles. The lowest BCUT2D eigenvalue weighted by Gasteiger charge is -2.34. The van der Waals surface area contributed by atoms with Crippen LogP contribution < -0.4 is 10.2 Å². The van der Waals surface area contributed by atoms with Crippen LogP contribution in [0.1, 0.15) is 30.5 Å². The van der Waals surface area contributed by atoms with E-state index in [0.717, 1.165) is 49.0 Å². The Balaban J connectivity index is 1.44. The summed E-state index contributed by atoms with van der Waals surface area (Å²) in [4.78, 5) is 15.6. The summed E-state index contributed by atoms with van der Waals surface area (Å²) in [5, 5.41) is 23.5. The van der Waals surface area contributed by atoms with Crippen molar-refractivity contribution >= 4 is 17.5 Å². The normalized spacial score (nSPS) is 16.0. The average Bonchev–Trinajstić information content (AvgIpc) is 3.13. The number of anilines is 3. The van der Waals surface area contributed by atoms with Crippen molar-refractivity contribution in [3.63, 3.8) is 0 Å². The van der Waals surface area contributed by atoms with Crippen LogP contribution in [0, 0.1) is 12.8 Å². The Bertz CT molecular complexity index is 981. The number of rotatable bonds is 5. The zero-order chi connectivity index (χ0) is 20.4. The van der Waals surface area contributed by atoms with Crippen molar-refractivity contribution in [3.05, 3.63) is 54.2 Å². The maximum Gasteiger partial charge on any atom is 0.229 e. The first-order chi connectivity index (χ1) is 14.0. The highest BCUT2D eigenvalue weighted by molar-refractivity contribution is 5.57. The van der Waals surface area contributed by atoms with Gasteiger partial charge >= 0.3 is 0 Å². The van der Waals surface area contributed by atoms with Gasteiger partial charge in [-0.2, -0.15) is 4.98 Å². The highest BCUT2D eigenvalue weighted by Gasteiger charge is 2.29. The molecule has 1 aromatic carbocycles. The third kappa shape index (κ3) is 4.32. The summed E-state index contributed by atoms with van der Waals surface area (Å²) in [5.41, 5.74) is 1.60. The van der Waals surface area contributed by atoms with Crippen molar-refractivity contribution in [2.24, 2.45) is 13.0 Å². The molecule has 1 aliphatic rings. The number of phenolic OH excluding ortho intramolecular Hbond substituents is 1. The van der Waals surface area contributed by atoms with Crippen LogP contribution in [-0.4, -0.2) is 42.8 Å². The molecule has 1 aliphatic heterocycles. The minimum absolute atomic E-state index is 0.181. The number of nitrogens with zero attached hydrogens (tertiary/aromatic N) is 5. The maximum absolute atomic E-state index is 10.7. The highest BCUT2D eigenvalue weighted by Crippen LogP contribution is 2.31. The molecule has 1 fully saturated rings. The Morgan fingerprint density at radius 1 is 1.17 bits per heavy atom. The summed E-state index contributed by atoms with van der Waals surface area (Å²) < 4.78 is 1.88. The fourth-order valence-corrected chi connectivity index (χ4v) is 3.80. The number of aliphatic hydroxyl groups is 1. The molecule has 8 nitrogen and oxygen atoms in total. The van der Waals surface area contributed by atoms with Gasteiger partial charge in [0.1, 0.15) is 23.5 Å². The van der Waals surface area contributed by atoms with Crippen LogP contribution in [0.4, 0.5) is 17.5 Å². The largest absolute Gasteiger partial charge is 0.508 e. The van der Waals surface area contributed by atoms with E-state index in [0.29, 0.717) is 5.95 Å². The Hall–Kier alpha value is -3.13. The van der Waals surface area contributed by atoms with Crippen LogP contribution in [0.3, 0.4) is 0 Å². The third-order valence-electron chi connectivity index (χ3n) is 5.38. The number of aryl methyl sites for hydroxylation is 2. The molecule has 1 unspecified atom stereocenters. The molecule has 29 heavy (non-hydrogen) atoms. The van der Waals surface area contributed by atoms with Crippen LogP contribution in [0.5, 0.6) is 5.75 Å². The monoisotopic (exact) mass is 394 g/mol. The second kappa shape index (κ2) is 8.08. The lowest BCUT2D eigenvalue weighted by molar-refractivity contribution is 0.0824. The molecular weight excluding hydrogens is 368 g/mol. The predicted octanol–water partition coefficient (Wildman–Crippen LogP) is 2.92. The summed E-state index contributed by atoms with van der Waals surface area (Å²) in [6.07, 6.45) is 4.77. The van der Waals surface area contributed by atoms with Gasteiger partial charge in [-0.15, -0.1) is 0 Å². The number of piperidine rings is 1. The fraction of sp³-hybridized carbons (Fsp3) is 0.381. The summed E-state index contributed by atoms with van der Waals surface area (Å²) in [6.45, 7) is 3.57. The number of phenols is 1. The van der Waals surface area contributed by atoms with E-state index in [1.54, 1.807) is 24.4 Å². The Kier molecular flexibility index (Phi) is 5.35. The van der Waals surface area contributed by atoms with Crippen molar-refractivity contribution in [2.75, 3.05) is 23.3 Å². The van der Waals surface area contributed by atoms with Crippen LogP contribution >= 0.6 is 0 Å². The van der Waals surface area contributed by atoms with Crippen molar-refractivity contribution in [1.29, 1.82) is 0 Å². The van der Waals surface area contributed by atoms with E-state index in [1.807, 2.05) is 36.9 Å². The molecule has 1 saturated heterocycles. The molecule has 0 radical (unpaired) electrons. The molecule has 3 N–H and O–H groups in total. The lowest BCUT2D eigenvalue weighted by Crippen LogP contribution is -2.36. The number of benzene rings is 1. The van der Waals surface area contributed by atoms with Gasteiger partial charge in [-0.3, -0.25) is 0 Å². The van der Waals surface area contributed by atoms with Gasteiger partial charge < -0.3 is 25.0 Å². The summed E-state index contributed by atoms with van der Waals surface area (Å²) in [7, 11) is 1.91. The number of aromatic nitrogens is 4. The molecule has 3 heterocycles. The van der Waals surface area contributed by atoms with Crippen LogP contribution in [0.15, 0.2) is 42.7 Å². The summed E-state index contributed by atoms with van der Waals surface area (Å²) in [5.74, 6) is 2.46. The van der Waals surface area contributed by atoms with Gasteiger partial charge in [-0.05, 0) is 37.8 Å². The van der Waals surface area contributed by atoms with Crippen LogP contribution in [-0.2, 0) is 7.05 Å². The zero-order valence-electron chi connectivity index (χ0n) is 16.7. The van der Waals surface area contributed by atoms with E-state index in [2.05, 4.69) is 25.2 Å². The van der Waals surface area contributed by atoms with Crippen molar-refractivity contribution in [3.8, 4) is 5.75 Å². The van der Waals surface area contributed by atoms with Crippen LogP contribution in [0.25, 0.3) is 0 Å². The predicted molar refractivity (Wildman–Crippen MR) is 111 cm³/mol. The Morgan fingerprint density at radius 3 is 2.66 bits per heavy atom. The number of imidazole rings is 1. The van der Waals surface area contributed by atoms with Gasteiger partial charge in [0.25, 0.3) is 0 Å². The van der Waals surface area contributed by atoms with Gasteiger partial charge in [0.15, 0.2) is 0 Å². The first-order valence-corrected chi connectivity index (χ1v) is 9.81. The molecule has 0 spiro atoms. The van der Waals surface area contributed by atoms with Gasteiger partial charge in [-0.25, -0.2) is 9.97 Å². The van der Waals surface area contributed by atoms with Gasteiger partial charge in [0.05, 0.1) is 0 Å². The average molecular weight is 394 g/mol. The van der Waals surface area contributed by atoms with Crippen LogP contribution in [0.2, 0.25) is 0 Å². The topological polar surface area (TPSA) is 99.3 Å². The molecule has 0 saturated carbocycles. The van der Waals surface area contributed by atoms with E-state index < -0.39 is 6.10 Å². The highest BCUT2D eigenvalue weighted by atomic mass is 16.3. The molecule has 4 rings (SSSR count). The SMILES string of the molecule is Cc1cc(N2CCC(C(O)c3nccn3C)CC2)nc(Nc2cccc(O)c2)n1. The maximum atomic E-state index is 10.7. The molecule has 0 amide bonds. The van der Waals surface area contributed by atoms with Gasteiger partial charge in [0.2, 0.25) is 5.95 Å². The van der Waals surface area contributed by atoms with E-state index in [-0.39, 0.29) is 11.7 Å². The van der Waals surface area contributed by atoms with E-state index in [1.165, 1.54) is 0 Å². The molecular formula is C21H26N6O2. The summed E-state index contributed by atoms with van der Waals surface area (Å²) >= 11 is 0. The molecule has 0 bridgehead atoms. The van der Waals surface area contributed by atoms with E-state index >= 15 is 0 Å². The van der Waals surface area contributed by atoms with E-state index in [4.69, 9.17) is 0 Å². The third-order valence-corrected chi connectivity index (χ3v) is 5.38. The Labute approximate surface area is 169 Å². The first-order valence-electron chi connectivity index (χ1n) is 9.81. The number of aromatic hydroxyl groups is 1. The quantitative estimate of drug-likeness (QED) is 0.612. The molecule has 1 atom stereocenters. The standard InChI is InChI=1S/C21H26N6O2/c1-14-12-18(25-21(23-14)24-16-4-3-5-17(28)13-16)27-9-6-15(7-10-27)19(29)20-22-8-11-26(20)2/h3-5,8,11-13,15,19,28-29H,6-7,9-10H2,1-2H3,(H,23,24,25). The van der Waals surface area contributed by atoms with Crippen molar-refractivity contribution in [2.45, 2.75) is 25.9 Å². The van der Waals surface area contributed by atoms with E-state index in [9.17, 15) is 10.2 Å². The summed E-state index contributed by atoms with van der Waals surface area (Å²) in [6, 6.07) is 8.86. The first kappa shape index (κ1) is 19.2. The smallest absolute Gasteiger partial charge is 0.229 e. The lowest BCUT2D eigenvalue weighted by atomic mass is 9.90. The minimum Gasteiger partial charge on any atom is -0.508 e. The van der Waals surface area contributed by atoms with Crippen molar-refractivity contribution in [1.82, 2.24) is 19.5 Å². The van der Waals surface area contributed by atoms with Gasteiger partial charge in [-0.1, -0.05) is 6.07 Å². The molecule has 3 aromatic rings. The Morgan fingerprint density at radius 2 is 1.97 bits per heavy atom. The second-order valence-electron chi connectivity index (χ2n) is 7.53. The molecule has 152 valence electrons. The number of hydrogen-bond donors (Lipinski definition) is 3. The fourth-order valence-electron chi connectivity index (χ4n) is 3.80. The zero-order valence-corrected chi connectivity index (χ0v) is 16.7. The minimum atomic E-state index is -0.549. The molecule has 2 aromatic heterocycles. The number of aliphatic hydroxyl groups excluding tert-OH is 1.